The molecule has 0 aliphatic carbocycles. The highest BCUT2D eigenvalue weighted by Gasteiger charge is 2.14. The number of hydrogen-bond acceptors (Lipinski definition) is 2. The maximum Gasteiger partial charge on any atom is 0.220 e. The van der Waals surface area contributed by atoms with Crippen molar-refractivity contribution in [3.8, 4) is 11.1 Å². The van der Waals surface area contributed by atoms with Crippen molar-refractivity contribution in [1.82, 2.24) is 5.32 Å². The minimum atomic E-state index is -0.402. The Morgan fingerprint density at radius 3 is 2.36 bits per heavy atom. The monoisotopic (exact) mass is 337 g/mol. The van der Waals surface area contributed by atoms with E-state index in [-0.39, 0.29) is 11.8 Å². The Labute approximate surface area is 150 Å². The Hall–Kier alpha value is -2.42. The van der Waals surface area contributed by atoms with E-state index in [0.29, 0.717) is 12.8 Å². The van der Waals surface area contributed by atoms with Gasteiger partial charge in [0.2, 0.25) is 5.91 Å². The zero-order valence-electron chi connectivity index (χ0n) is 15.3. The van der Waals surface area contributed by atoms with Crippen LogP contribution in [0.5, 0.6) is 0 Å². The highest BCUT2D eigenvalue weighted by atomic mass is 16.2. The first-order valence-electron chi connectivity index (χ1n) is 8.96. The molecule has 0 aliphatic heterocycles. The van der Waals surface area contributed by atoms with Crippen molar-refractivity contribution in [3.05, 3.63) is 59.7 Å². The lowest BCUT2D eigenvalue weighted by Crippen LogP contribution is -2.39. The quantitative estimate of drug-likeness (QED) is 0.734. The standard InChI is InChI=1S/C22H27NO2/c1-4-17-6-5-7-20(14-17)19-11-8-18(9-12-19)10-13-22(25)23-21(15-24)16(2)3/h5-9,11-12,14-16,21H,4,10,13H2,1-3H3,(H,23,25). The number of aryl methyl sites for hydroxylation is 2. The van der Waals surface area contributed by atoms with Crippen LogP contribution in [-0.4, -0.2) is 18.2 Å². The maximum atomic E-state index is 12.0. The van der Waals surface area contributed by atoms with Gasteiger partial charge in [-0.05, 0) is 41.0 Å². The largest absolute Gasteiger partial charge is 0.346 e. The number of nitrogens with one attached hydrogen (secondary N) is 1. The van der Waals surface area contributed by atoms with Gasteiger partial charge in [0.25, 0.3) is 0 Å². The van der Waals surface area contributed by atoms with Crippen LogP contribution in [-0.2, 0) is 22.4 Å². The van der Waals surface area contributed by atoms with Gasteiger partial charge in [-0.1, -0.05) is 69.3 Å². The number of benzene rings is 2. The van der Waals surface area contributed by atoms with Crippen LogP contribution < -0.4 is 5.32 Å². The van der Waals surface area contributed by atoms with Crippen molar-refractivity contribution in [2.45, 2.75) is 46.1 Å². The van der Waals surface area contributed by atoms with Crippen LogP contribution in [0.15, 0.2) is 48.5 Å². The van der Waals surface area contributed by atoms with Crippen LogP contribution in [0.2, 0.25) is 0 Å². The van der Waals surface area contributed by atoms with Gasteiger partial charge in [0.15, 0.2) is 0 Å². The van der Waals surface area contributed by atoms with Gasteiger partial charge in [0.05, 0.1) is 6.04 Å². The third-order valence-electron chi connectivity index (χ3n) is 4.46. The molecule has 1 amide bonds. The van der Waals surface area contributed by atoms with Crippen LogP contribution in [0.3, 0.4) is 0 Å². The van der Waals surface area contributed by atoms with Gasteiger partial charge < -0.3 is 10.1 Å². The van der Waals surface area contributed by atoms with Gasteiger partial charge in [-0.25, -0.2) is 0 Å². The smallest absolute Gasteiger partial charge is 0.220 e. The Kier molecular flexibility index (Phi) is 6.93. The summed E-state index contributed by atoms with van der Waals surface area (Å²) in [6.07, 6.45) is 2.90. The molecule has 0 saturated heterocycles. The Morgan fingerprint density at radius 2 is 1.76 bits per heavy atom. The van der Waals surface area contributed by atoms with E-state index < -0.39 is 6.04 Å². The van der Waals surface area contributed by atoms with Crippen molar-refractivity contribution in [2.75, 3.05) is 0 Å². The van der Waals surface area contributed by atoms with Crippen molar-refractivity contribution >= 4 is 12.2 Å². The van der Waals surface area contributed by atoms with E-state index in [1.54, 1.807) is 0 Å². The molecular weight excluding hydrogens is 310 g/mol. The van der Waals surface area contributed by atoms with Crippen molar-refractivity contribution in [1.29, 1.82) is 0 Å². The molecule has 0 heterocycles. The average molecular weight is 337 g/mol. The first kappa shape index (κ1) is 18.9. The molecule has 0 saturated carbocycles. The number of aldehydes is 1. The van der Waals surface area contributed by atoms with E-state index in [4.69, 9.17) is 0 Å². The summed E-state index contributed by atoms with van der Waals surface area (Å²) in [6, 6.07) is 16.5. The summed E-state index contributed by atoms with van der Waals surface area (Å²) in [5.41, 5.74) is 4.85. The van der Waals surface area contributed by atoms with E-state index in [1.807, 2.05) is 13.8 Å². The van der Waals surface area contributed by atoms with Crippen molar-refractivity contribution < 1.29 is 9.59 Å². The second kappa shape index (κ2) is 9.16. The second-order valence-electron chi connectivity index (χ2n) is 6.72. The van der Waals surface area contributed by atoms with Crippen LogP contribution in [0.25, 0.3) is 11.1 Å². The van der Waals surface area contributed by atoms with Gasteiger partial charge in [0, 0.05) is 6.42 Å². The molecule has 0 aromatic heterocycles. The molecule has 2 aromatic carbocycles. The predicted octanol–water partition coefficient (Wildman–Crippen LogP) is 4.19. The zero-order valence-corrected chi connectivity index (χ0v) is 15.3. The number of amides is 1. The van der Waals surface area contributed by atoms with Crippen LogP contribution in [0.1, 0.15) is 38.3 Å². The van der Waals surface area contributed by atoms with Crippen LogP contribution in [0.4, 0.5) is 0 Å². The molecule has 25 heavy (non-hydrogen) atoms. The van der Waals surface area contributed by atoms with Crippen LogP contribution in [0, 0.1) is 5.92 Å². The minimum Gasteiger partial charge on any atom is -0.346 e. The number of rotatable bonds is 8. The molecule has 2 aromatic rings. The van der Waals surface area contributed by atoms with E-state index in [1.165, 1.54) is 16.7 Å². The molecule has 1 N–H and O–H groups in total. The fraction of sp³-hybridized carbons (Fsp3) is 0.364. The summed E-state index contributed by atoms with van der Waals surface area (Å²) in [5.74, 6) is 0.0325. The number of hydrogen-bond donors (Lipinski definition) is 1. The molecule has 0 bridgehead atoms. The molecule has 3 nitrogen and oxygen atoms in total. The molecule has 1 atom stereocenters. The Balaban J connectivity index is 1.94. The van der Waals surface area contributed by atoms with Crippen molar-refractivity contribution in [2.24, 2.45) is 5.92 Å². The first-order chi connectivity index (χ1) is 12.0. The SMILES string of the molecule is CCc1cccc(-c2ccc(CCC(=O)NC(C=O)C(C)C)cc2)c1. The summed E-state index contributed by atoms with van der Waals surface area (Å²) < 4.78 is 0. The fourth-order valence-corrected chi connectivity index (χ4v) is 2.71. The fourth-order valence-electron chi connectivity index (χ4n) is 2.71. The predicted molar refractivity (Wildman–Crippen MR) is 102 cm³/mol. The lowest BCUT2D eigenvalue weighted by atomic mass is 9.99. The maximum absolute atomic E-state index is 12.0. The first-order valence-corrected chi connectivity index (χ1v) is 8.96. The van der Waals surface area contributed by atoms with Gasteiger partial charge in [-0.3, -0.25) is 4.79 Å². The third-order valence-corrected chi connectivity index (χ3v) is 4.46. The van der Waals surface area contributed by atoms with E-state index in [2.05, 4.69) is 60.8 Å². The Morgan fingerprint density at radius 1 is 1.04 bits per heavy atom. The summed E-state index contributed by atoms with van der Waals surface area (Å²) in [5, 5.41) is 2.78. The number of carbonyl (C=O) groups is 2. The van der Waals surface area contributed by atoms with E-state index >= 15 is 0 Å². The second-order valence-corrected chi connectivity index (χ2v) is 6.72. The van der Waals surface area contributed by atoms with Gasteiger partial charge in [-0.15, -0.1) is 0 Å². The molecule has 132 valence electrons. The summed E-state index contributed by atoms with van der Waals surface area (Å²) in [4.78, 5) is 22.9. The molecule has 0 radical (unpaired) electrons. The zero-order chi connectivity index (χ0) is 18.2. The third kappa shape index (κ3) is 5.56. The van der Waals surface area contributed by atoms with Crippen molar-refractivity contribution in [3.63, 3.8) is 0 Å². The molecule has 1 unspecified atom stereocenters. The lowest BCUT2D eigenvalue weighted by molar-refractivity contribution is -0.124. The molecule has 2 rings (SSSR count). The lowest BCUT2D eigenvalue weighted by Gasteiger charge is -2.16. The topological polar surface area (TPSA) is 46.2 Å². The van der Waals surface area contributed by atoms with Crippen LogP contribution >= 0.6 is 0 Å². The van der Waals surface area contributed by atoms with Gasteiger partial charge >= 0.3 is 0 Å². The molecule has 3 heteroatoms. The summed E-state index contributed by atoms with van der Waals surface area (Å²) >= 11 is 0. The van der Waals surface area contributed by atoms with E-state index in [9.17, 15) is 9.59 Å². The molecule has 0 spiro atoms. The minimum absolute atomic E-state index is 0.0782. The number of carbonyl (C=O) groups excluding carboxylic acids is 2. The molecular formula is C22H27NO2. The average Bonchev–Trinajstić information content (AvgIpc) is 2.64. The molecule has 0 aliphatic rings. The Bertz CT molecular complexity index is 704. The highest BCUT2D eigenvalue weighted by molar-refractivity contribution is 5.79. The summed E-state index contributed by atoms with van der Waals surface area (Å²) in [6.45, 7) is 6.00. The highest BCUT2D eigenvalue weighted by Crippen LogP contribution is 2.21. The van der Waals surface area contributed by atoms with E-state index in [0.717, 1.165) is 18.3 Å². The normalized spacial score (nSPS) is 12.0. The molecule has 0 fully saturated rings. The van der Waals surface area contributed by atoms with Gasteiger partial charge in [-0.2, -0.15) is 0 Å². The summed E-state index contributed by atoms with van der Waals surface area (Å²) in [7, 11) is 0. The van der Waals surface area contributed by atoms with Gasteiger partial charge in [0.1, 0.15) is 6.29 Å².